The maximum absolute atomic E-state index is 12.6. The van der Waals surface area contributed by atoms with Gasteiger partial charge in [-0.3, -0.25) is 9.59 Å². The zero-order valence-corrected chi connectivity index (χ0v) is 13.6. The average Bonchev–Trinajstić information content (AvgIpc) is 2.50. The van der Waals surface area contributed by atoms with Crippen molar-refractivity contribution in [2.24, 2.45) is 0 Å². The molecule has 1 heterocycles. The summed E-state index contributed by atoms with van der Waals surface area (Å²) < 4.78 is 10.1. The van der Waals surface area contributed by atoms with Gasteiger partial charge in [-0.05, 0) is 25.1 Å². The number of methoxy groups -OCH3 is 2. The van der Waals surface area contributed by atoms with Crippen molar-refractivity contribution in [3.63, 3.8) is 0 Å². The van der Waals surface area contributed by atoms with E-state index < -0.39 is 6.04 Å². The molecule has 1 fully saturated rings. The molecule has 0 spiro atoms. The van der Waals surface area contributed by atoms with Crippen LogP contribution in [0.4, 0.5) is 5.69 Å². The van der Waals surface area contributed by atoms with Crippen LogP contribution in [0.25, 0.3) is 0 Å². The lowest BCUT2D eigenvalue weighted by Crippen LogP contribution is -2.58. The number of ether oxygens (including phenoxy) is 2. The van der Waals surface area contributed by atoms with E-state index in [1.165, 1.54) is 12.0 Å². The maximum Gasteiger partial charge on any atom is 0.249 e. The van der Waals surface area contributed by atoms with Crippen LogP contribution in [0, 0.1) is 0 Å². The molecule has 7 heteroatoms. The summed E-state index contributed by atoms with van der Waals surface area (Å²) in [6, 6.07) is 4.56. The van der Waals surface area contributed by atoms with Crippen molar-refractivity contribution < 1.29 is 19.1 Å². The van der Waals surface area contributed by atoms with E-state index in [1.54, 1.807) is 37.1 Å². The highest BCUT2D eigenvalue weighted by Gasteiger charge is 2.35. The smallest absolute Gasteiger partial charge is 0.249 e. The van der Waals surface area contributed by atoms with Crippen LogP contribution in [0.3, 0.4) is 0 Å². The number of amides is 2. The molecule has 1 aromatic carbocycles. The summed E-state index contributed by atoms with van der Waals surface area (Å²) in [4.78, 5) is 27.7. The Bertz CT molecular complexity index is 579. The van der Waals surface area contributed by atoms with Gasteiger partial charge in [-0.2, -0.15) is 0 Å². The number of carbonyl (C=O) groups excluding carboxylic acids is 2. The largest absolute Gasteiger partial charge is 0.495 e. The molecule has 0 aliphatic carbocycles. The molecule has 1 aliphatic rings. The molecular formula is C15H19ClN2O4. The highest BCUT2D eigenvalue weighted by atomic mass is 35.5. The zero-order valence-electron chi connectivity index (χ0n) is 12.8. The Labute approximate surface area is 134 Å². The SMILES string of the molecule is COCC(=O)N1CCN(c2cc(Cl)ccc2OC)C(=O)[C@@H]1C. The third-order valence-electron chi connectivity index (χ3n) is 3.68. The van der Waals surface area contributed by atoms with Gasteiger partial charge in [0.2, 0.25) is 11.8 Å². The van der Waals surface area contributed by atoms with E-state index in [0.717, 1.165) is 0 Å². The van der Waals surface area contributed by atoms with Crippen LogP contribution >= 0.6 is 11.6 Å². The number of piperazine rings is 1. The number of rotatable bonds is 4. The van der Waals surface area contributed by atoms with Crippen molar-refractivity contribution in [1.82, 2.24) is 4.90 Å². The first-order chi connectivity index (χ1) is 10.5. The molecule has 2 amide bonds. The molecule has 6 nitrogen and oxygen atoms in total. The van der Waals surface area contributed by atoms with Gasteiger partial charge < -0.3 is 19.3 Å². The molecule has 0 aromatic heterocycles. The van der Waals surface area contributed by atoms with Gasteiger partial charge in [0.25, 0.3) is 0 Å². The molecule has 1 atom stereocenters. The molecule has 1 aliphatic heterocycles. The van der Waals surface area contributed by atoms with Crippen LogP contribution in [0.1, 0.15) is 6.92 Å². The van der Waals surface area contributed by atoms with Crippen molar-refractivity contribution in [2.75, 3.05) is 38.8 Å². The van der Waals surface area contributed by atoms with Crippen LogP contribution in [0.15, 0.2) is 18.2 Å². The molecule has 1 aromatic rings. The predicted molar refractivity (Wildman–Crippen MR) is 83.4 cm³/mol. The standard InChI is InChI=1S/C15H19ClN2O4/c1-10-15(20)18(7-6-17(10)14(19)9-21-2)12-8-11(16)4-5-13(12)22-3/h4-5,8,10H,6-7,9H2,1-3H3/t10-/m0/s1. The molecule has 1 saturated heterocycles. The fourth-order valence-electron chi connectivity index (χ4n) is 2.53. The van der Waals surface area contributed by atoms with Crippen LogP contribution < -0.4 is 9.64 Å². The molecule has 120 valence electrons. The van der Waals surface area contributed by atoms with E-state index >= 15 is 0 Å². The number of carbonyl (C=O) groups is 2. The van der Waals surface area contributed by atoms with Crippen LogP contribution in [0.2, 0.25) is 5.02 Å². The second-order valence-electron chi connectivity index (χ2n) is 5.00. The van der Waals surface area contributed by atoms with E-state index in [-0.39, 0.29) is 18.4 Å². The molecule has 0 bridgehead atoms. The second-order valence-corrected chi connectivity index (χ2v) is 5.44. The third-order valence-corrected chi connectivity index (χ3v) is 3.91. The minimum atomic E-state index is -0.555. The van der Waals surface area contributed by atoms with Gasteiger partial charge >= 0.3 is 0 Å². The summed E-state index contributed by atoms with van der Waals surface area (Å²) in [6.07, 6.45) is 0. The van der Waals surface area contributed by atoms with Crippen molar-refractivity contribution in [1.29, 1.82) is 0 Å². The van der Waals surface area contributed by atoms with Crippen molar-refractivity contribution in [2.45, 2.75) is 13.0 Å². The molecule has 0 unspecified atom stereocenters. The Balaban J connectivity index is 2.25. The summed E-state index contributed by atoms with van der Waals surface area (Å²) in [5.74, 6) is 0.207. The Morgan fingerprint density at radius 3 is 2.73 bits per heavy atom. The highest BCUT2D eigenvalue weighted by molar-refractivity contribution is 6.31. The van der Waals surface area contributed by atoms with Crippen LogP contribution in [-0.4, -0.2) is 56.7 Å². The van der Waals surface area contributed by atoms with Gasteiger partial charge in [0.15, 0.2) is 0 Å². The third kappa shape index (κ3) is 3.18. The number of nitrogens with zero attached hydrogens (tertiary/aromatic N) is 2. The molecule has 0 saturated carbocycles. The van der Waals surface area contributed by atoms with Gasteiger partial charge in [-0.15, -0.1) is 0 Å². The van der Waals surface area contributed by atoms with E-state index in [4.69, 9.17) is 21.1 Å². The first-order valence-electron chi connectivity index (χ1n) is 6.93. The fraction of sp³-hybridized carbons (Fsp3) is 0.467. The molecule has 0 radical (unpaired) electrons. The number of hydrogen-bond acceptors (Lipinski definition) is 4. The summed E-state index contributed by atoms with van der Waals surface area (Å²) in [5.41, 5.74) is 0.616. The second kappa shape index (κ2) is 6.98. The van der Waals surface area contributed by atoms with E-state index in [1.807, 2.05) is 0 Å². The van der Waals surface area contributed by atoms with E-state index in [0.29, 0.717) is 29.5 Å². The first kappa shape index (κ1) is 16.6. The van der Waals surface area contributed by atoms with Crippen molar-refractivity contribution in [3.05, 3.63) is 23.2 Å². The Hall–Kier alpha value is -1.79. The first-order valence-corrected chi connectivity index (χ1v) is 7.30. The summed E-state index contributed by atoms with van der Waals surface area (Å²) in [6.45, 7) is 2.50. The van der Waals surface area contributed by atoms with E-state index in [9.17, 15) is 9.59 Å². The topological polar surface area (TPSA) is 59.1 Å². The lowest BCUT2D eigenvalue weighted by Gasteiger charge is -2.39. The molecular weight excluding hydrogens is 308 g/mol. The minimum absolute atomic E-state index is 0.0297. The minimum Gasteiger partial charge on any atom is -0.495 e. The van der Waals surface area contributed by atoms with Crippen molar-refractivity contribution in [3.8, 4) is 5.75 Å². The normalized spacial score (nSPS) is 18.5. The lowest BCUT2D eigenvalue weighted by molar-refractivity contribution is -0.143. The fourth-order valence-corrected chi connectivity index (χ4v) is 2.70. The lowest BCUT2D eigenvalue weighted by atomic mass is 10.1. The number of benzene rings is 1. The van der Waals surface area contributed by atoms with Crippen LogP contribution in [0.5, 0.6) is 5.75 Å². The van der Waals surface area contributed by atoms with Gasteiger partial charge in [0, 0.05) is 25.2 Å². The summed E-state index contributed by atoms with van der Waals surface area (Å²) in [7, 11) is 3.00. The average molecular weight is 327 g/mol. The van der Waals surface area contributed by atoms with E-state index in [2.05, 4.69) is 0 Å². The number of hydrogen-bond donors (Lipinski definition) is 0. The summed E-state index contributed by atoms with van der Waals surface area (Å²) >= 11 is 6.02. The Morgan fingerprint density at radius 2 is 2.09 bits per heavy atom. The molecule has 22 heavy (non-hydrogen) atoms. The number of halogens is 1. The van der Waals surface area contributed by atoms with Gasteiger partial charge in [0.1, 0.15) is 18.4 Å². The summed E-state index contributed by atoms with van der Waals surface area (Å²) in [5, 5.41) is 0.522. The van der Waals surface area contributed by atoms with Gasteiger partial charge in [-0.1, -0.05) is 11.6 Å². The highest BCUT2D eigenvalue weighted by Crippen LogP contribution is 2.33. The Kier molecular flexibility index (Phi) is 5.26. The number of anilines is 1. The Morgan fingerprint density at radius 1 is 1.36 bits per heavy atom. The van der Waals surface area contributed by atoms with Crippen LogP contribution in [-0.2, 0) is 14.3 Å². The molecule has 2 rings (SSSR count). The van der Waals surface area contributed by atoms with Crippen molar-refractivity contribution >= 4 is 29.1 Å². The molecule has 0 N–H and O–H groups in total. The maximum atomic E-state index is 12.6. The quantitative estimate of drug-likeness (QED) is 0.842. The zero-order chi connectivity index (χ0) is 16.3. The van der Waals surface area contributed by atoms with Gasteiger partial charge in [0.05, 0.1) is 12.8 Å². The van der Waals surface area contributed by atoms with Gasteiger partial charge in [-0.25, -0.2) is 0 Å². The predicted octanol–water partition coefficient (Wildman–Crippen LogP) is 1.56. The monoisotopic (exact) mass is 326 g/mol.